The van der Waals surface area contributed by atoms with Crippen LogP contribution in [0.1, 0.15) is 6.92 Å². The van der Waals surface area contributed by atoms with Gasteiger partial charge in [-0.1, -0.05) is 53.2 Å². The van der Waals surface area contributed by atoms with Crippen molar-refractivity contribution >= 4 is 73.0 Å². The largest absolute Gasteiger partial charge is 0.299 e. The van der Waals surface area contributed by atoms with Crippen molar-refractivity contribution in [3.8, 4) is 0 Å². The van der Waals surface area contributed by atoms with Crippen molar-refractivity contribution in [3.05, 3.63) is 28.2 Å². The molecule has 1 aromatic heterocycles. The average molecular weight is 441 g/mol. The number of benzene rings is 1. The molecule has 1 N–H and O–H groups in total. The van der Waals surface area contributed by atoms with Crippen molar-refractivity contribution in [3.63, 3.8) is 0 Å². The number of carbonyl (C=O) groups is 1. The molecule has 25 heavy (non-hydrogen) atoms. The third-order valence-corrected chi connectivity index (χ3v) is 6.17. The number of aromatic nitrogens is 2. The maximum absolute atomic E-state index is 12.2. The van der Waals surface area contributed by atoms with E-state index in [9.17, 15) is 13.2 Å². The van der Waals surface area contributed by atoms with Gasteiger partial charge in [0.2, 0.25) is 21.1 Å². The lowest BCUT2D eigenvalue weighted by atomic mass is 10.3. The Bertz CT molecular complexity index is 853. The van der Waals surface area contributed by atoms with E-state index in [-0.39, 0.29) is 15.7 Å². The first-order valence-electron chi connectivity index (χ1n) is 6.89. The lowest BCUT2D eigenvalue weighted by Gasteiger charge is -2.22. The van der Waals surface area contributed by atoms with Gasteiger partial charge in [-0.3, -0.25) is 14.4 Å². The number of hydrogen-bond donors (Lipinski definition) is 1. The topological polar surface area (TPSA) is 92.3 Å². The van der Waals surface area contributed by atoms with Crippen LogP contribution in [0.4, 0.5) is 10.8 Å². The molecule has 0 aliphatic carbocycles. The van der Waals surface area contributed by atoms with E-state index in [0.29, 0.717) is 5.13 Å². The average Bonchev–Trinajstić information content (AvgIpc) is 2.90. The molecule has 12 heteroatoms. The molecule has 0 aliphatic heterocycles. The summed E-state index contributed by atoms with van der Waals surface area (Å²) in [5, 5.41) is 11.1. The molecule has 1 heterocycles. The van der Waals surface area contributed by atoms with E-state index in [1.807, 2.05) is 6.92 Å². The van der Waals surface area contributed by atoms with Crippen LogP contribution >= 0.6 is 46.3 Å². The highest BCUT2D eigenvalue weighted by Crippen LogP contribution is 2.28. The fourth-order valence-electron chi connectivity index (χ4n) is 1.81. The van der Waals surface area contributed by atoms with Gasteiger partial charge in [-0.25, -0.2) is 8.42 Å². The fourth-order valence-corrected chi connectivity index (χ4v) is 4.83. The van der Waals surface area contributed by atoms with E-state index in [1.165, 1.54) is 41.3 Å². The highest BCUT2D eigenvalue weighted by atomic mass is 35.5. The molecule has 136 valence electrons. The summed E-state index contributed by atoms with van der Waals surface area (Å²) in [5.41, 5.74) is 0.203. The molecule has 1 amide bonds. The van der Waals surface area contributed by atoms with E-state index in [4.69, 9.17) is 23.2 Å². The van der Waals surface area contributed by atoms with Crippen LogP contribution in [0.5, 0.6) is 0 Å². The SMILES string of the molecule is CCSc1nnc(NC(=O)CN(c2cc(Cl)cc(Cl)c2)S(C)(=O)=O)s1. The minimum absolute atomic E-state index is 0.203. The van der Waals surface area contributed by atoms with E-state index < -0.39 is 22.5 Å². The van der Waals surface area contributed by atoms with Gasteiger partial charge in [0, 0.05) is 10.0 Å². The third-order valence-electron chi connectivity index (χ3n) is 2.74. The highest BCUT2D eigenvalue weighted by Gasteiger charge is 2.22. The molecular weight excluding hydrogens is 427 g/mol. The van der Waals surface area contributed by atoms with E-state index in [1.54, 1.807) is 0 Å². The van der Waals surface area contributed by atoms with E-state index >= 15 is 0 Å². The molecule has 0 unspecified atom stereocenters. The number of amides is 1. The zero-order valence-electron chi connectivity index (χ0n) is 13.2. The van der Waals surface area contributed by atoms with Gasteiger partial charge in [0.15, 0.2) is 4.34 Å². The van der Waals surface area contributed by atoms with Crippen LogP contribution in [0.15, 0.2) is 22.5 Å². The Morgan fingerprint density at radius 1 is 1.28 bits per heavy atom. The molecule has 0 spiro atoms. The predicted octanol–water partition coefficient (Wildman–Crippen LogP) is 3.36. The molecule has 0 fully saturated rings. The van der Waals surface area contributed by atoms with Gasteiger partial charge in [-0.05, 0) is 24.0 Å². The number of carbonyl (C=O) groups excluding carboxylic acids is 1. The molecule has 1 aromatic carbocycles. The summed E-state index contributed by atoms with van der Waals surface area (Å²) in [7, 11) is -3.72. The second kappa shape index (κ2) is 8.54. The second-order valence-electron chi connectivity index (χ2n) is 4.75. The molecule has 2 rings (SSSR count). The van der Waals surface area contributed by atoms with Crippen LogP contribution < -0.4 is 9.62 Å². The Hall–Kier alpha value is -1.07. The van der Waals surface area contributed by atoms with Crippen LogP contribution in [-0.2, 0) is 14.8 Å². The zero-order chi connectivity index (χ0) is 18.6. The Labute approximate surface area is 163 Å². The fraction of sp³-hybridized carbons (Fsp3) is 0.308. The lowest BCUT2D eigenvalue weighted by molar-refractivity contribution is -0.114. The van der Waals surface area contributed by atoms with Gasteiger partial charge < -0.3 is 0 Å². The van der Waals surface area contributed by atoms with E-state index in [0.717, 1.165) is 20.7 Å². The summed E-state index contributed by atoms with van der Waals surface area (Å²) in [6, 6.07) is 4.31. The zero-order valence-corrected chi connectivity index (χ0v) is 17.2. The number of nitrogens with zero attached hydrogens (tertiary/aromatic N) is 3. The molecule has 0 atom stereocenters. The Kier molecular flexibility index (Phi) is 6.92. The molecule has 2 aromatic rings. The predicted molar refractivity (Wildman–Crippen MR) is 104 cm³/mol. The number of anilines is 2. The van der Waals surface area contributed by atoms with Crippen molar-refractivity contribution < 1.29 is 13.2 Å². The first-order chi connectivity index (χ1) is 11.7. The first kappa shape index (κ1) is 20.2. The summed E-state index contributed by atoms with van der Waals surface area (Å²) in [4.78, 5) is 12.2. The highest BCUT2D eigenvalue weighted by molar-refractivity contribution is 8.01. The van der Waals surface area contributed by atoms with Crippen LogP contribution in [0.2, 0.25) is 10.0 Å². The minimum atomic E-state index is -3.72. The molecule has 0 radical (unpaired) electrons. The molecule has 7 nitrogen and oxygen atoms in total. The summed E-state index contributed by atoms with van der Waals surface area (Å²) < 4.78 is 25.8. The van der Waals surface area contributed by atoms with Gasteiger partial charge in [0.25, 0.3) is 0 Å². The standard InChI is InChI=1S/C13H14Cl2N4O3S3/c1-3-23-13-18-17-12(24-13)16-11(20)7-19(25(2,21)22)10-5-8(14)4-9(15)6-10/h4-6H,3,7H2,1-2H3,(H,16,17,20). The van der Waals surface area contributed by atoms with Gasteiger partial charge in [0.1, 0.15) is 6.54 Å². The van der Waals surface area contributed by atoms with Gasteiger partial charge >= 0.3 is 0 Å². The molecule has 0 aliphatic rings. The molecule has 0 saturated carbocycles. The number of nitrogens with one attached hydrogen (secondary N) is 1. The number of rotatable bonds is 7. The van der Waals surface area contributed by atoms with E-state index in [2.05, 4.69) is 15.5 Å². The van der Waals surface area contributed by atoms with Gasteiger partial charge in [0.05, 0.1) is 11.9 Å². The van der Waals surface area contributed by atoms with Crippen molar-refractivity contribution in [1.29, 1.82) is 0 Å². The smallest absolute Gasteiger partial charge is 0.246 e. The van der Waals surface area contributed by atoms with Crippen molar-refractivity contribution in [2.24, 2.45) is 0 Å². The third kappa shape index (κ3) is 6.00. The molecular formula is C13H14Cl2N4O3S3. The van der Waals surface area contributed by atoms with Crippen molar-refractivity contribution in [2.75, 3.05) is 28.2 Å². The maximum Gasteiger partial charge on any atom is 0.246 e. The normalized spacial score (nSPS) is 11.4. The molecule has 0 bridgehead atoms. The minimum Gasteiger partial charge on any atom is -0.299 e. The van der Waals surface area contributed by atoms with Gasteiger partial charge in [-0.2, -0.15) is 0 Å². The van der Waals surface area contributed by atoms with Crippen molar-refractivity contribution in [1.82, 2.24) is 10.2 Å². The second-order valence-corrected chi connectivity index (χ2v) is 10.0. The number of hydrogen-bond acceptors (Lipinski definition) is 7. The van der Waals surface area contributed by atoms with Crippen LogP contribution in [0.3, 0.4) is 0 Å². The van der Waals surface area contributed by atoms with Gasteiger partial charge in [-0.15, -0.1) is 10.2 Å². The molecule has 0 saturated heterocycles. The summed E-state index contributed by atoms with van der Waals surface area (Å²) in [5.74, 6) is 0.283. The van der Waals surface area contributed by atoms with Crippen LogP contribution in [-0.4, -0.2) is 43.1 Å². The maximum atomic E-state index is 12.2. The monoisotopic (exact) mass is 440 g/mol. The Morgan fingerprint density at radius 3 is 2.48 bits per heavy atom. The first-order valence-corrected chi connectivity index (χ1v) is 11.3. The quantitative estimate of drug-likeness (QED) is 0.523. The summed E-state index contributed by atoms with van der Waals surface area (Å²) in [6.45, 7) is 1.54. The van der Waals surface area contributed by atoms with Crippen molar-refractivity contribution in [2.45, 2.75) is 11.3 Å². The van der Waals surface area contributed by atoms with Crippen LogP contribution in [0, 0.1) is 0 Å². The lowest BCUT2D eigenvalue weighted by Crippen LogP contribution is -2.37. The van der Waals surface area contributed by atoms with Crippen LogP contribution in [0.25, 0.3) is 0 Å². The number of thioether (sulfide) groups is 1. The number of sulfonamides is 1. The summed E-state index contributed by atoms with van der Waals surface area (Å²) >= 11 is 14.6. The summed E-state index contributed by atoms with van der Waals surface area (Å²) in [6.07, 6.45) is 0.996. The Balaban J connectivity index is 2.17. The Morgan fingerprint density at radius 2 is 1.92 bits per heavy atom. The number of halogens is 2.